The molecule has 0 saturated carbocycles. The second-order valence-corrected chi connectivity index (χ2v) is 5.19. The summed E-state index contributed by atoms with van der Waals surface area (Å²) in [5.41, 5.74) is 1.91. The molecule has 0 spiro atoms. The quantitative estimate of drug-likeness (QED) is 0.660. The van der Waals surface area contributed by atoms with E-state index in [1.165, 1.54) is 25.3 Å². The topological polar surface area (TPSA) is 91.8 Å². The largest absolute Gasteiger partial charge is 0.339 e. The molecular weight excluding hydrogens is 323 g/mol. The molecule has 1 heterocycles. The summed E-state index contributed by atoms with van der Waals surface area (Å²) in [4.78, 5) is 15.4. The fraction of sp³-hybridized carbons (Fsp3) is 0.0588. The maximum absolute atomic E-state index is 13.2. The molecule has 0 radical (unpaired) electrons. The Kier molecular flexibility index (Phi) is 4.79. The Morgan fingerprint density at radius 2 is 1.72 bits per heavy atom. The number of hydrogen-bond donors (Lipinski definition) is 3. The fourth-order valence-corrected chi connectivity index (χ4v) is 2.14. The van der Waals surface area contributed by atoms with E-state index in [4.69, 9.17) is 0 Å². The van der Waals surface area contributed by atoms with Crippen LogP contribution in [-0.2, 0) is 4.79 Å². The number of rotatable bonds is 5. The van der Waals surface area contributed by atoms with Crippen LogP contribution < -0.4 is 16.0 Å². The van der Waals surface area contributed by atoms with Crippen molar-refractivity contribution in [3.63, 3.8) is 0 Å². The zero-order chi connectivity index (χ0) is 17.6. The number of anilines is 5. The van der Waals surface area contributed by atoms with Gasteiger partial charge in [-0.15, -0.1) is 5.10 Å². The zero-order valence-corrected chi connectivity index (χ0v) is 13.3. The summed E-state index contributed by atoms with van der Waals surface area (Å²) in [5.74, 6) is 0.173. The number of hydrogen-bond acceptors (Lipinski definition) is 6. The van der Waals surface area contributed by atoms with Crippen LogP contribution in [0.1, 0.15) is 6.92 Å². The number of amides is 1. The highest BCUT2D eigenvalue weighted by molar-refractivity contribution is 5.89. The van der Waals surface area contributed by atoms with Gasteiger partial charge in [0.05, 0.1) is 6.20 Å². The minimum atomic E-state index is -0.359. The molecule has 126 valence electrons. The first-order valence-electron chi connectivity index (χ1n) is 7.45. The van der Waals surface area contributed by atoms with Gasteiger partial charge in [0.1, 0.15) is 5.82 Å². The molecule has 0 aliphatic carbocycles. The minimum absolute atomic E-state index is 0.151. The van der Waals surface area contributed by atoms with Crippen molar-refractivity contribution in [2.24, 2.45) is 0 Å². The molecule has 0 unspecified atom stereocenters. The Morgan fingerprint density at radius 3 is 2.48 bits per heavy atom. The second-order valence-electron chi connectivity index (χ2n) is 5.19. The van der Waals surface area contributed by atoms with E-state index in [0.29, 0.717) is 17.2 Å². The van der Waals surface area contributed by atoms with Crippen LogP contribution in [0.5, 0.6) is 0 Å². The highest BCUT2D eigenvalue weighted by atomic mass is 19.1. The third-order valence-corrected chi connectivity index (χ3v) is 3.09. The summed E-state index contributed by atoms with van der Waals surface area (Å²) in [6.45, 7) is 1.44. The Bertz CT molecular complexity index is 902. The Labute approximate surface area is 143 Å². The summed E-state index contributed by atoms with van der Waals surface area (Å²) in [6, 6.07) is 13.1. The minimum Gasteiger partial charge on any atom is -0.339 e. The monoisotopic (exact) mass is 338 g/mol. The maximum Gasteiger partial charge on any atom is 0.249 e. The smallest absolute Gasteiger partial charge is 0.249 e. The lowest BCUT2D eigenvalue weighted by molar-refractivity contribution is -0.114. The van der Waals surface area contributed by atoms with Crippen LogP contribution in [0, 0.1) is 5.82 Å². The van der Waals surface area contributed by atoms with Crippen molar-refractivity contribution in [1.82, 2.24) is 15.2 Å². The van der Waals surface area contributed by atoms with Gasteiger partial charge < -0.3 is 16.0 Å². The summed E-state index contributed by atoms with van der Waals surface area (Å²) in [7, 11) is 0. The van der Waals surface area contributed by atoms with Gasteiger partial charge >= 0.3 is 0 Å². The average molecular weight is 338 g/mol. The molecule has 3 N–H and O–H groups in total. The van der Waals surface area contributed by atoms with Crippen molar-refractivity contribution in [2.45, 2.75) is 6.92 Å². The van der Waals surface area contributed by atoms with E-state index in [-0.39, 0.29) is 17.7 Å². The average Bonchev–Trinajstić information content (AvgIpc) is 2.55. The molecule has 7 nitrogen and oxygen atoms in total. The first kappa shape index (κ1) is 16.3. The fourth-order valence-electron chi connectivity index (χ4n) is 2.14. The molecule has 0 fully saturated rings. The van der Waals surface area contributed by atoms with Crippen LogP contribution in [0.25, 0.3) is 0 Å². The zero-order valence-electron chi connectivity index (χ0n) is 13.3. The molecule has 0 aliphatic rings. The number of aromatic nitrogens is 3. The van der Waals surface area contributed by atoms with E-state index in [2.05, 4.69) is 31.1 Å². The molecule has 3 rings (SSSR count). The Morgan fingerprint density at radius 1 is 1.00 bits per heavy atom. The second kappa shape index (κ2) is 7.35. The van der Waals surface area contributed by atoms with Gasteiger partial charge in [-0.05, 0) is 36.4 Å². The van der Waals surface area contributed by atoms with E-state index >= 15 is 0 Å². The highest BCUT2D eigenvalue weighted by Crippen LogP contribution is 2.20. The van der Waals surface area contributed by atoms with Crippen molar-refractivity contribution in [1.29, 1.82) is 0 Å². The van der Waals surface area contributed by atoms with Gasteiger partial charge in [0, 0.05) is 24.0 Å². The third kappa shape index (κ3) is 4.71. The highest BCUT2D eigenvalue weighted by Gasteiger charge is 2.04. The SMILES string of the molecule is CC(=O)Nc1cccc(Nc2cnnc(Nc3cccc(F)c3)n2)c1. The van der Waals surface area contributed by atoms with Crippen LogP contribution in [0.4, 0.5) is 33.2 Å². The van der Waals surface area contributed by atoms with Crippen LogP contribution in [0.3, 0.4) is 0 Å². The predicted molar refractivity (Wildman–Crippen MR) is 93.5 cm³/mol. The molecule has 1 amide bonds. The van der Waals surface area contributed by atoms with E-state index in [9.17, 15) is 9.18 Å². The lowest BCUT2D eigenvalue weighted by Crippen LogP contribution is -2.06. The standard InChI is InChI=1S/C17H15FN6O/c1-11(25)20-14-6-3-7-15(9-14)21-16-10-19-24-17(23-16)22-13-5-2-4-12(18)8-13/h2-10H,1H3,(H,20,25)(H2,21,22,23,24). The lowest BCUT2D eigenvalue weighted by atomic mass is 10.2. The molecule has 8 heteroatoms. The van der Waals surface area contributed by atoms with Gasteiger partial charge in [0.25, 0.3) is 0 Å². The maximum atomic E-state index is 13.2. The van der Waals surface area contributed by atoms with Crippen LogP contribution in [0.2, 0.25) is 0 Å². The summed E-state index contributed by atoms with van der Waals surface area (Å²) >= 11 is 0. The Balaban J connectivity index is 1.74. The van der Waals surface area contributed by atoms with Crippen LogP contribution >= 0.6 is 0 Å². The van der Waals surface area contributed by atoms with Crippen molar-refractivity contribution in [3.05, 3.63) is 60.5 Å². The number of nitrogens with zero attached hydrogens (tertiary/aromatic N) is 3. The molecule has 2 aromatic carbocycles. The summed E-state index contributed by atoms with van der Waals surface area (Å²) < 4.78 is 13.2. The lowest BCUT2D eigenvalue weighted by Gasteiger charge is -2.09. The molecule has 25 heavy (non-hydrogen) atoms. The third-order valence-electron chi connectivity index (χ3n) is 3.09. The first-order valence-corrected chi connectivity index (χ1v) is 7.45. The first-order chi connectivity index (χ1) is 12.1. The van der Waals surface area contributed by atoms with Gasteiger partial charge in [-0.25, -0.2) is 4.39 Å². The van der Waals surface area contributed by atoms with Crippen molar-refractivity contribution < 1.29 is 9.18 Å². The normalized spacial score (nSPS) is 10.2. The molecular formula is C17H15FN6O. The summed E-state index contributed by atoms with van der Waals surface area (Å²) in [5, 5.41) is 16.4. The molecule has 3 aromatic rings. The van der Waals surface area contributed by atoms with Crippen LogP contribution in [0.15, 0.2) is 54.7 Å². The van der Waals surface area contributed by atoms with E-state index in [1.54, 1.807) is 30.3 Å². The molecule has 1 aromatic heterocycles. The van der Waals surface area contributed by atoms with E-state index in [0.717, 1.165) is 5.69 Å². The van der Waals surface area contributed by atoms with Gasteiger partial charge in [0.2, 0.25) is 11.9 Å². The molecule has 0 aliphatic heterocycles. The molecule has 0 atom stereocenters. The van der Waals surface area contributed by atoms with Gasteiger partial charge in [-0.3, -0.25) is 4.79 Å². The van der Waals surface area contributed by atoms with Gasteiger partial charge in [0.15, 0.2) is 5.82 Å². The van der Waals surface area contributed by atoms with Crippen molar-refractivity contribution >= 4 is 34.7 Å². The van der Waals surface area contributed by atoms with Gasteiger partial charge in [-0.1, -0.05) is 12.1 Å². The number of benzene rings is 2. The molecule has 0 bridgehead atoms. The summed E-state index contributed by atoms with van der Waals surface area (Å²) in [6.07, 6.45) is 1.46. The van der Waals surface area contributed by atoms with Crippen molar-refractivity contribution in [2.75, 3.05) is 16.0 Å². The predicted octanol–water partition coefficient (Wildman–Crippen LogP) is 3.46. The van der Waals surface area contributed by atoms with Gasteiger partial charge in [-0.2, -0.15) is 10.1 Å². The van der Waals surface area contributed by atoms with E-state index in [1.807, 2.05) is 6.07 Å². The number of halogens is 1. The molecule has 0 saturated heterocycles. The van der Waals surface area contributed by atoms with Crippen LogP contribution in [-0.4, -0.2) is 21.1 Å². The van der Waals surface area contributed by atoms with E-state index < -0.39 is 0 Å². The number of nitrogens with one attached hydrogen (secondary N) is 3. The van der Waals surface area contributed by atoms with Crippen molar-refractivity contribution in [3.8, 4) is 0 Å². The number of carbonyl (C=O) groups is 1. The number of carbonyl (C=O) groups excluding carboxylic acids is 1. The Hall–Kier alpha value is -3.55.